The van der Waals surface area contributed by atoms with Crippen molar-refractivity contribution in [2.75, 3.05) is 57.5 Å². The number of aromatic nitrogens is 2. The molecular formula is C30H43ClN6O2. The second kappa shape index (κ2) is 12.3. The van der Waals surface area contributed by atoms with Gasteiger partial charge in [0.25, 0.3) is 5.91 Å². The number of rotatable bonds is 7. The number of hydrogen-bond acceptors (Lipinski definition) is 7. The zero-order valence-corrected chi connectivity index (χ0v) is 24.4. The maximum Gasteiger partial charge on any atom is 0.253 e. The molecule has 212 valence electrons. The van der Waals surface area contributed by atoms with Gasteiger partial charge in [0.2, 0.25) is 5.95 Å². The molecule has 1 saturated carbocycles. The summed E-state index contributed by atoms with van der Waals surface area (Å²) in [6.07, 6.45) is 11.9. The number of piperidine rings is 2. The molecule has 3 heterocycles. The van der Waals surface area contributed by atoms with Crippen LogP contribution in [0.1, 0.15) is 68.6 Å². The molecule has 0 unspecified atom stereocenters. The summed E-state index contributed by atoms with van der Waals surface area (Å²) in [5, 5.41) is 6.55. The van der Waals surface area contributed by atoms with Crippen molar-refractivity contribution in [3.05, 3.63) is 35.0 Å². The van der Waals surface area contributed by atoms with E-state index in [1.807, 2.05) is 17.0 Å². The highest BCUT2D eigenvalue weighted by molar-refractivity contribution is 6.32. The van der Waals surface area contributed by atoms with Gasteiger partial charge in [-0.05, 0) is 87.1 Å². The number of halogens is 1. The van der Waals surface area contributed by atoms with Crippen LogP contribution in [-0.2, 0) is 0 Å². The van der Waals surface area contributed by atoms with E-state index in [1.165, 1.54) is 64.4 Å². The van der Waals surface area contributed by atoms with Gasteiger partial charge in [0, 0.05) is 32.2 Å². The van der Waals surface area contributed by atoms with Gasteiger partial charge in [-0.25, -0.2) is 4.98 Å². The summed E-state index contributed by atoms with van der Waals surface area (Å²) in [5.74, 6) is 3.38. The molecule has 2 aliphatic heterocycles. The summed E-state index contributed by atoms with van der Waals surface area (Å²) in [6, 6.07) is 5.49. The van der Waals surface area contributed by atoms with Crippen LogP contribution in [0.2, 0.25) is 5.02 Å². The van der Waals surface area contributed by atoms with Crippen LogP contribution in [0.4, 0.5) is 17.5 Å². The fourth-order valence-corrected chi connectivity index (χ4v) is 6.79. The van der Waals surface area contributed by atoms with Gasteiger partial charge >= 0.3 is 0 Å². The number of amides is 1. The fourth-order valence-electron chi connectivity index (χ4n) is 6.60. The normalized spacial score (nSPS) is 23.4. The Kier molecular flexibility index (Phi) is 8.82. The Morgan fingerprint density at radius 3 is 2.46 bits per heavy atom. The van der Waals surface area contributed by atoms with Gasteiger partial charge < -0.3 is 25.2 Å². The molecule has 0 radical (unpaired) electrons. The summed E-state index contributed by atoms with van der Waals surface area (Å²) in [5.41, 5.74) is 1.73. The Labute approximate surface area is 237 Å². The predicted molar refractivity (Wildman–Crippen MR) is 157 cm³/mol. The second-order valence-electron chi connectivity index (χ2n) is 11.9. The van der Waals surface area contributed by atoms with E-state index < -0.39 is 0 Å². The fraction of sp³-hybridized carbons (Fsp3) is 0.633. The average molecular weight is 555 g/mol. The first-order valence-electron chi connectivity index (χ1n) is 14.5. The molecule has 1 aromatic heterocycles. The third-order valence-corrected chi connectivity index (χ3v) is 9.63. The van der Waals surface area contributed by atoms with Crippen LogP contribution in [-0.4, -0.2) is 72.6 Å². The summed E-state index contributed by atoms with van der Waals surface area (Å²) in [4.78, 5) is 26.8. The lowest BCUT2D eigenvalue weighted by molar-refractivity contribution is 0.0248. The van der Waals surface area contributed by atoms with E-state index in [0.717, 1.165) is 37.8 Å². The molecule has 0 bridgehead atoms. The molecule has 3 aliphatic rings. The van der Waals surface area contributed by atoms with Crippen LogP contribution >= 0.6 is 11.6 Å². The smallest absolute Gasteiger partial charge is 0.253 e. The molecule has 39 heavy (non-hydrogen) atoms. The molecule has 5 rings (SSSR count). The van der Waals surface area contributed by atoms with E-state index in [4.69, 9.17) is 16.3 Å². The number of carbonyl (C=O) groups excluding carboxylic acids is 1. The van der Waals surface area contributed by atoms with Gasteiger partial charge in [0.1, 0.15) is 16.6 Å². The number of anilines is 3. The molecule has 2 saturated heterocycles. The van der Waals surface area contributed by atoms with Crippen molar-refractivity contribution in [1.29, 1.82) is 0 Å². The minimum atomic E-state index is 0.0684. The highest BCUT2D eigenvalue weighted by Gasteiger charge is 2.39. The third-order valence-electron chi connectivity index (χ3n) is 9.36. The lowest BCUT2D eigenvalue weighted by atomic mass is 9.71. The summed E-state index contributed by atoms with van der Waals surface area (Å²) in [7, 11) is 3.35. The summed E-state index contributed by atoms with van der Waals surface area (Å²) in [6.45, 7) is 7.79. The zero-order chi connectivity index (χ0) is 27.4. The van der Waals surface area contributed by atoms with Crippen LogP contribution in [0.3, 0.4) is 0 Å². The maximum absolute atomic E-state index is 13.4. The van der Waals surface area contributed by atoms with Crippen molar-refractivity contribution in [3.8, 4) is 5.75 Å². The van der Waals surface area contributed by atoms with Gasteiger partial charge in [-0.2, -0.15) is 4.98 Å². The minimum absolute atomic E-state index is 0.0684. The van der Waals surface area contributed by atoms with E-state index in [9.17, 15) is 4.79 Å². The maximum atomic E-state index is 13.4. The Morgan fingerprint density at radius 2 is 1.79 bits per heavy atom. The van der Waals surface area contributed by atoms with Crippen LogP contribution in [0.25, 0.3) is 0 Å². The highest BCUT2D eigenvalue weighted by Crippen LogP contribution is 2.42. The van der Waals surface area contributed by atoms with Crippen LogP contribution in [0, 0.1) is 17.3 Å². The number of ether oxygens (including phenoxy) is 1. The minimum Gasteiger partial charge on any atom is -0.495 e. The van der Waals surface area contributed by atoms with Gasteiger partial charge in [0.15, 0.2) is 0 Å². The first kappa shape index (κ1) is 28.0. The number of carbonyl (C=O) groups is 1. The van der Waals surface area contributed by atoms with Gasteiger partial charge in [-0.15, -0.1) is 0 Å². The second-order valence-corrected chi connectivity index (χ2v) is 12.3. The molecule has 1 spiro atoms. The Bertz CT molecular complexity index is 1130. The van der Waals surface area contributed by atoms with E-state index in [-0.39, 0.29) is 5.91 Å². The SMILES string of the molecule is CNc1nc(Nc2ccc(C(=O)N3CCC4(CCN(C[C@H]5CC[C@H](C)CC5)CC4)CC3)cc2OC)ncc1Cl. The molecule has 1 amide bonds. The molecule has 1 aromatic carbocycles. The Balaban J connectivity index is 1.14. The number of likely N-dealkylation sites (tertiary alicyclic amines) is 2. The number of methoxy groups -OCH3 is 1. The van der Waals surface area contributed by atoms with Crippen LogP contribution < -0.4 is 15.4 Å². The summed E-state index contributed by atoms with van der Waals surface area (Å²) < 4.78 is 5.60. The standard InChI is InChI=1S/C30H43ClN6O2/c1-21-4-6-22(7-5-21)20-36-14-10-30(11-15-36)12-16-37(17-13-30)28(38)23-8-9-25(26(18-23)39-3)34-29-33-19-24(31)27(32-2)35-29/h8-9,18-19,21-22H,4-7,10-17,20H2,1-3H3,(H2,32,33,34,35)/t21-,22-. The molecule has 2 N–H and O–H groups in total. The largest absolute Gasteiger partial charge is 0.495 e. The highest BCUT2D eigenvalue weighted by atomic mass is 35.5. The Hall–Kier alpha value is -2.58. The molecule has 1 aliphatic carbocycles. The first-order chi connectivity index (χ1) is 18.9. The number of nitrogens with zero attached hydrogens (tertiary/aromatic N) is 4. The number of nitrogens with one attached hydrogen (secondary N) is 2. The zero-order valence-electron chi connectivity index (χ0n) is 23.6. The lowest BCUT2D eigenvalue weighted by Crippen LogP contribution is -2.49. The van der Waals surface area contributed by atoms with Crippen molar-refractivity contribution in [1.82, 2.24) is 19.8 Å². The number of hydrogen-bond donors (Lipinski definition) is 2. The third kappa shape index (κ3) is 6.60. The topological polar surface area (TPSA) is 82.6 Å². The van der Waals surface area contributed by atoms with Crippen LogP contribution in [0.15, 0.2) is 24.4 Å². The molecule has 9 heteroatoms. The van der Waals surface area contributed by atoms with Crippen molar-refractivity contribution < 1.29 is 9.53 Å². The van der Waals surface area contributed by atoms with Crippen molar-refractivity contribution in [3.63, 3.8) is 0 Å². The lowest BCUT2D eigenvalue weighted by Gasteiger charge is -2.47. The monoisotopic (exact) mass is 554 g/mol. The van der Waals surface area contributed by atoms with Crippen molar-refractivity contribution in [2.24, 2.45) is 17.3 Å². The van der Waals surface area contributed by atoms with E-state index in [0.29, 0.717) is 39.2 Å². The molecule has 3 fully saturated rings. The molecule has 8 nitrogen and oxygen atoms in total. The molecule has 2 aromatic rings. The Morgan fingerprint density at radius 1 is 1.10 bits per heavy atom. The van der Waals surface area contributed by atoms with E-state index >= 15 is 0 Å². The first-order valence-corrected chi connectivity index (χ1v) is 14.9. The van der Waals surface area contributed by atoms with Gasteiger partial charge in [0.05, 0.1) is 19.0 Å². The van der Waals surface area contributed by atoms with Crippen molar-refractivity contribution in [2.45, 2.75) is 58.3 Å². The van der Waals surface area contributed by atoms with Gasteiger partial charge in [-0.1, -0.05) is 31.4 Å². The molecule has 0 atom stereocenters. The van der Waals surface area contributed by atoms with Gasteiger partial charge in [-0.3, -0.25) is 4.79 Å². The average Bonchev–Trinajstić information content (AvgIpc) is 2.97. The molecular weight excluding hydrogens is 512 g/mol. The summed E-state index contributed by atoms with van der Waals surface area (Å²) >= 11 is 6.10. The van der Waals surface area contributed by atoms with Crippen molar-refractivity contribution >= 4 is 35.0 Å². The number of benzene rings is 1. The van der Waals surface area contributed by atoms with Crippen LogP contribution in [0.5, 0.6) is 5.75 Å². The quantitative estimate of drug-likeness (QED) is 0.430. The van der Waals surface area contributed by atoms with E-state index in [1.54, 1.807) is 20.2 Å². The van der Waals surface area contributed by atoms with E-state index in [2.05, 4.69) is 32.4 Å². The predicted octanol–water partition coefficient (Wildman–Crippen LogP) is 6.07.